The van der Waals surface area contributed by atoms with Gasteiger partial charge in [0.15, 0.2) is 0 Å². The predicted molar refractivity (Wildman–Crippen MR) is 77.3 cm³/mol. The summed E-state index contributed by atoms with van der Waals surface area (Å²) in [6.45, 7) is 2.98. The highest BCUT2D eigenvalue weighted by Gasteiger charge is 2.39. The van der Waals surface area contributed by atoms with Crippen molar-refractivity contribution in [3.63, 3.8) is 0 Å². The van der Waals surface area contributed by atoms with Crippen molar-refractivity contribution in [2.24, 2.45) is 11.8 Å². The Hall–Kier alpha value is -1.80. The summed E-state index contributed by atoms with van der Waals surface area (Å²) < 4.78 is 0. The van der Waals surface area contributed by atoms with E-state index in [0.717, 1.165) is 0 Å². The fourth-order valence-electron chi connectivity index (χ4n) is 2.92. The highest BCUT2D eigenvalue weighted by molar-refractivity contribution is 6.04. The van der Waals surface area contributed by atoms with Gasteiger partial charge in [-0.3, -0.25) is 34.3 Å². The zero-order chi connectivity index (χ0) is 16.3. The minimum absolute atomic E-state index is 0.0853. The Bertz CT molecular complexity index is 493. The zero-order valence-electron chi connectivity index (χ0n) is 12.9. The number of rotatable bonds is 7. The minimum Gasteiger partial charge on any atom is -0.319 e. The molecular formula is C14H22N4O4. The van der Waals surface area contributed by atoms with Crippen molar-refractivity contribution in [2.45, 2.75) is 19.8 Å². The van der Waals surface area contributed by atoms with Gasteiger partial charge in [0, 0.05) is 32.5 Å². The van der Waals surface area contributed by atoms with Crippen LogP contribution in [0.15, 0.2) is 0 Å². The van der Waals surface area contributed by atoms with Gasteiger partial charge in [-0.05, 0) is 14.0 Å². The third-order valence-corrected chi connectivity index (χ3v) is 4.10. The van der Waals surface area contributed by atoms with E-state index >= 15 is 0 Å². The molecule has 2 unspecified atom stereocenters. The Balaban J connectivity index is 1.82. The molecule has 2 fully saturated rings. The molecule has 8 heteroatoms. The van der Waals surface area contributed by atoms with E-state index in [-0.39, 0.29) is 55.6 Å². The van der Waals surface area contributed by atoms with Crippen LogP contribution in [-0.2, 0) is 19.2 Å². The van der Waals surface area contributed by atoms with Crippen molar-refractivity contribution >= 4 is 23.6 Å². The third-order valence-electron chi connectivity index (χ3n) is 4.10. The Labute approximate surface area is 129 Å². The first kappa shape index (κ1) is 16.6. The van der Waals surface area contributed by atoms with Crippen molar-refractivity contribution in [1.29, 1.82) is 0 Å². The van der Waals surface area contributed by atoms with E-state index in [0.29, 0.717) is 13.1 Å². The maximum absolute atomic E-state index is 12.0. The molecule has 0 saturated carbocycles. The van der Waals surface area contributed by atoms with E-state index in [1.807, 2.05) is 0 Å². The van der Waals surface area contributed by atoms with Crippen molar-refractivity contribution in [2.75, 3.05) is 33.4 Å². The molecule has 2 atom stereocenters. The molecule has 2 rings (SSSR count). The summed E-state index contributed by atoms with van der Waals surface area (Å²) in [5.41, 5.74) is 0. The second-order valence-corrected chi connectivity index (χ2v) is 5.61. The molecule has 0 spiro atoms. The summed E-state index contributed by atoms with van der Waals surface area (Å²) in [5, 5.41) is 5.85. The number of nitrogens with zero attached hydrogens (tertiary/aromatic N) is 2. The average molecular weight is 310 g/mol. The van der Waals surface area contributed by atoms with Gasteiger partial charge < -0.3 is 5.32 Å². The van der Waals surface area contributed by atoms with Gasteiger partial charge in [-0.25, -0.2) is 0 Å². The molecule has 0 aromatic heterocycles. The van der Waals surface area contributed by atoms with Gasteiger partial charge in [-0.2, -0.15) is 0 Å². The highest BCUT2D eigenvalue weighted by Crippen LogP contribution is 2.20. The highest BCUT2D eigenvalue weighted by atomic mass is 16.2. The van der Waals surface area contributed by atoms with Crippen LogP contribution in [-0.4, -0.2) is 66.8 Å². The molecule has 0 aromatic rings. The normalized spacial score (nSPS) is 25.7. The van der Waals surface area contributed by atoms with Gasteiger partial charge in [-0.15, -0.1) is 0 Å². The standard InChI is InChI=1S/C14H22N4O4/c1-3-17-11(19)5-10(13(17)21)7-16-8-18-12(20)4-9(6-15-2)14(18)22/h9-10,15-16H,3-8H2,1-2H3. The molecule has 8 nitrogen and oxygen atoms in total. The smallest absolute Gasteiger partial charge is 0.235 e. The molecule has 2 saturated heterocycles. The summed E-state index contributed by atoms with van der Waals surface area (Å²) in [6.07, 6.45) is 0.399. The van der Waals surface area contributed by atoms with Gasteiger partial charge in [0.2, 0.25) is 23.6 Å². The summed E-state index contributed by atoms with van der Waals surface area (Å²) in [5.74, 6) is -1.48. The lowest BCUT2D eigenvalue weighted by Gasteiger charge is -2.17. The quantitative estimate of drug-likeness (QED) is 0.557. The predicted octanol–water partition coefficient (Wildman–Crippen LogP) is -1.48. The van der Waals surface area contributed by atoms with Crippen molar-refractivity contribution in [1.82, 2.24) is 20.4 Å². The van der Waals surface area contributed by atoms with Gasteiger partial charge >= 0.3 is 0 Å². The number of likely N-dealkylation sites (tertiary alicyclic amines) is 2. The second kappa shape index (κ2) is 6.97. The second-order valence-electron chi connectivity index (χ2n) is 5.61. The van der Waals surface area contributed by atoms with Crippen LogP contribution in [0.3, 0.4) is 0 Å². The molecule has 122 valence electrons. The number of carbonyl (C=O) groups is 4. The van der Waals surface area contributed by atoms with Crippen LogP contribution in [0.4, 0.5) is 0 Å². The average Bonchev–Trinajstić information content (AvgIpc) is 2.90. The Morgan fingerprint density at radius 1 is 0.955 bits per heavy atom. The molecule has 2 N–H and O–H groups in total. The van der Waals surface area contributed by atoms with Crippen LogP contribution in [0, 0.1) is 11.8 Å². The lowest BCUT2D eigenvalue weighted by molar-refractivity contribution is -0.140. The molecule has 2 aliphatic rings. The summed E-state index contributed by atoms with van der Waals surface area (Å²) in [7, 11) is 1.74. The van der Waals surface area contributed by atoms with Crippen molar-refractivity contribution in [3.05, 3.63) is 0 Å². The Kier molecular flexibility index (Phi) is 5.25. The van der Waals surface area contributed by atoms with Gasteiger partial charge in [0.25, 0.3) is 0 Å². The molecule has 0 radical (unpaired) electrons. The molecule has 0 aromatic carbocycles. The number of carbonyl (C=O) groups excluding carboxylic acids is 4. The first-order valence-corrected chi connectivity index (χ1v) is 7.53. The summed E-state index contributed by atoms with van der Waals surface area (Å²) >= 11 is 0. The lowest BCUT2D eigenvalue weighted by Crippen LogP contribution is -2.42. The van der Waals surface area contributed by atoms with Crippen molar-refractivity contribution < 1.29 is 19.2 Å². The van der Waals surface area contributed by atoms with E-state index in [2.05, 4.69) is 10.6 Å². The fraction of sp³-hybridized carbons (Fsp3) is 0.714. The Morgan fingerprint density at radius 3 is 2.05 bits per heavy atom. The molecule has 22 heavy (non-hydrogen) atoms. The van der Waals surface area contributed by atoms with Gasteiger partial charge in [-0.1, -0.05) is 0 Å². The van der Waals surface area contributed by atoms with E-state index in [4.69, 9.17) is 0 Å². The maximum atomic E-state index is 12.0. The SMILES string of the molecule is CCN1C(=O)CC(CNCN2C(=O)CC(CNC)C2=O)C1=O. The topological polar surface area (TPSA) is 98.8 Å². The molecule has 2 aliphatic heterocycles. The minimum atomic E-state index is -0.409. The zero-order valence-corrected chi connectivity index (χ0v) is 12.9. The fourth-order valence-corrected chi connectivity index (χ4v) is 2.92. The van der Waals surface area contributed by atoms with Crippen LogP contribution >= 0.6 is 0 Å². The first-order chi connectivity index (χ1) is 10.5. The first-order valence-electron chi connectivity index (χ1n) is 7.53. The van der Waals surface area contributed by atoms with Crippen LogP contribution in [0.2, 0.25) is 0 Å². The van der Waals surface area contributed by atoms with Crippen LogP contribution in [0.5, 0.6) is 0 Å². The van der Waals surface area contributed by atoms with E-state index < -0.39 is 5.92 Å². The number of amides is 4. The van der Waals surface area contributed by atoms with E-state index in [1.165, 1.54) is 9.80 Å². The number of nitrogens with one attached hydrogen (secondary N) is 2. The monoisotopic (exact) mass is 310 g/mol. The number of hydrogen-bond acceptors (Lipinski definition) is 6. The van der Waals surface area contributed by atoms with Crippen molar-refractivity contribution in [3.8, 4) is 0 Å². The summed E-state index contributed by atoms with van der Waals surface area (Å²) in [4.78, 5) is 49.8. The van der Waals surface area contributed by atoms with Crippen LogP contribution < -0.4 is 10.6 Å². The van der Waals surface area contributed by atoms with Crippen LogP contribution in [0.1, 0.15) is 19.8 Å². The summed E-state index contributed by atoms with van der Waals surface area (Å²) in [6, 6.07) is 0. The third kappa shape index (κ3) is 3.17. The number of hydrogen-bond donors (Lipinski definition) is 2. The van der Waals surface area contributed by atoms with Gasteiger partial charge in [0.05, 0.1) is 18.5 Å². The maximum Gasteiger partial charge on any atom is 0.235 e. The van der Waals surface area contributed by atoms with E-state index in [1.54, 1.807) is 14.0 Å². The van der Waals surface area contributed by atoms with Crippen LogP contribution in [0.25, 0.3) is 0 Å². The lowest BCUT2D eigenvalue weighted by atomic mass is 10.1. The Morgan fingerprint density at radius 2 is 1.50 bits per heavy atom. The molecule has 0 bridgehead atoms. The molecule has 4 amide bonds. The number of imide groups is 2. The largest absolute Gasteiger partial charge is 0.319 e. The van der Waals surface area contributed by atoms with Gasteiger partial charge in [0.1, 0.15) is 0 Å². The molecule has 0 aliphatic carbocycles. The van der Waals surface area contributed by atoms with E-state index in [9.17, 15) is 19.2 Å². The molecular weight excluding hydrogens is 288 g/mol. The molecule has 2 heterocycles.